The Bertz CT molecular complexity index is 974. The summed E-state index contributed by atoms with van der Waals surface area (Å²) in [5.41, 5.74) is 4.86. The van der Waals surface area contributed by atoms with Crippen molar-refractivity contribution in [3.8, 4) is 17.0 Å². The Labute approximate surface area is 132 Å². The van der Waals surface area contributed by atoms with Gasteiger partial charge in [-0.05, 0) is 48.5 Å². The largest absolute Gasteiger partial charge is 0.497 e. The van der Waals surface area contributed by atoms with Crippen LogP contribution < -0.4 is 4.74 Å². The molecule has 0 saturated carbocycles. The second-order valence-corrected chi connectivity index (χ2v) is 5.44. The van der Waals surface area contributed by atoms with Crippen molar-refractivity contribution in [3.63, 3.8) is 0 Å². The number of methoxy groups -OCH3 is 1. The first kappa shape index (κ1) is 13.2. The standard InChI is InChI=1S/C18H13ClN2O/c1-22-13-8-6-12(7-9-13)18-16-10-11-17(19)21(16)15-5-3-2-4-14(15)20-18/h2-11H,1H3. The molecule has 0 aliphatic carbocycles. The van der Waals surface area contributed by atoms with Crippen molar-refractivity contribution in [1.29, 1.82) is 0 Å². The molecule has 0 unspecified atom stereocenters. The van der Waals surface area contributed by atoms with Gasteiger partial charge in [0.25, 0.3) is 0 Å². The van der Waals surface area contributed by atoms with E-state index in [4.69, 9.17) is 21.3 Å². The second kappa shape index (κ2) is 5.04. The number of aromatic nitrogens is 2. The monoisotopic (exact) mass is 308 g/mol. The molecule has 0 fully saturated rings. The summed E-state index contributed by atoms with van der Waals surface area (Å²) in [4.78, 5) is 4.82. The molecule has 0 N–H and O–H groups in total. The molecule has 4 aromatic rings. The number of fused-ring (bicyclic) bond motifs is 3. The van der Waals surface area contributed by atoms with Crippen molar-refractivity contribution in [2.75, 3.05) is 7.11 Å². The van der Waals surface area contributed by atoms with Crippen molar-refractivity contribution >= 4 is 28.2 Å². The maximum atomic E-state index is 6.37. The molecule has 0 amide bonds. The fraction of sp³-hybridized carbons (Fsp3) is 0.0556. The van der Waals surface area contributed by atoms with Crippen molar-refractivity contribution < 1.29 is 4.74 Å². The summed E-state index contributed by atoms with van der Waals surface area (Å²) in [6.07, 6.45) is 0. The molecule has 2 aromatic carbocycles. The van der Waals surface area contributed by atoms with Crippen LogP contribution in [0.25, 0.3) is 27.8 Å². The molecule has 0 aliphatic rings. The van der Waals surface area contributed by atoms with Crippen LogP contribution in [-0.2, 0) is 0 Å². The van der Waals surface area contributed by atoms with Crippen LogP contribution in [0.1, 0.15) is 0 Å². The van der Waals surface area contributed by atoms with Crippen LogP contribution in [0.2, 0.25) is 5.15 Å². The fourth-order valence-electron chi connectivity index (χ4n) is 2.73. The summed E-state index contributed by atoms with van der Waals surface area (Å²) >= 11 is 6.37. The van der Waals surface area contributed by atoms with Crippen LogP contribution in [0.4, 0.5) is 0 Å². The molecular weight excluding hydrogens is 296 g/mol. The highest BCUT2D eigenvalue weighted by atomic mass is 35.5. The molecule has 0 aliphatic heterocycles. The molecule has 0 saturated heterocycles. The van der Waals surface area contributed by atoms with E-state index >= 15 is 0 Å². The van der Waals surface area contributed by atoms with Crippen LogP contribution in [0.3, 0.4) is 0 Å². The third-order valence-corrected chi connectivity index (χ3v) is 4.09. The third kappa shape index (κ3) is 1.94. The molecule has 0 radical (unpaired) electrons. The van der Waals surface area contributed by atoms with E-state index in [9.17, 15) is 0 Å². The van der Waals surface area contributed by atoms with Gasteiger partial charge in [0, 0.05) is 5.56 Å². The maximum absolute atomic E-state index is 6.37. The highest BCUT2D eigenvalue weighted by molar-refractivity contribution is 6.30. The van der Waals surface area contributed by atoms with E-state index in [1.807, 2.05) is 65.1 Å². The third-order valence-electron chi connectivity index (χ3n) is 3.79. The molecule has 108 valence electrons. The van der Waals surface area contributed by atoms with E-state index in [2.05, 4.69) is 0 Å². The average Bonchev–Trinajstić information content (AvgIpc) is 2.97. The average molecular weight is 309 g/mol. The summed E-state index contributed by atoms with van der Waals surface area (Å²) in [7, 11) is 1.66. The fourth-order valence-corrected chi connectivity index (χ4v) is 2.97. The van der Waals surface area contributed by atoms with Gasteiger partial charge in [0.2, 0.25) is 0 Å². The number of benzene rings is 2. The normalized spacial score (nSPS) is 11.2. The number of hydrogen-bond acceptors (Lipinski definition) is 2. The Morgan fingerprint density at radius 2 is 1.68 bits per heavy atom. The zero-order valence-corrected chi connectivity index (χ0v) is 12.7. The lowest BCUT2D eigenvalue weighted by molar-refractivity contribution is 0.415. The SMILES string of the molecule is COc1ccc(-c2nc3ccccc3n3c(Cl)ccc23)cc1. The number of halogens is 1. The lowest BCUT2D eigenvalue weighted by Crippen LogP contribution is -1.95. The molecule has 4 rings (SSSR count). The highest BCUT2D eigenvalue weighted by Gasteiger charge is 2.12. The highest BCUT2D eigenvalue weighted by Crippen LogP contribution is 2.31. The minimum atomic E-state index is 0.684. The summed E-state index contributed by atoms with van der Waals surface area (Å²) in [6, 6.07) is 19.8. The lowest BCUT2D eigenvalue weighted by atomic mass is 10.1. The number of nitrogens with zero attached hydrogens (tertiary/aromatic N) is 2. The molecular formula is C18H13ClN2O. The van der Waals surface area contributed by atoms with Crippen molar-refractivity contribution in [2.24, 2.45) is 0 Å². The Kier molecular flexibility index (Phi) is 3.01. The molecule has 22 heavy (non-hydrogen) atoms. The zero-order valence-electron chi connectivity index (χ0n) is 12.0. The van der Waals surface area contributed by atoms with Gasteiger partial charge in [-0.15, -0.1) is 0 Å². The van der Waals surface area contributed by atoms with Gasteiger partial charge in [-0.3, -0.25) is 4.40 Å². The first-order chi connectivity index (χ1) is 10.8. The van der Waals surface area contributed by atoms with Gasteiger partial charge in [0.05, 0.1) is 29.4 Å². The molecule has 2 aromatic heterocycles. The van der Waals surface area contributed by atoms with Crippen LogP contribution in [0.5, 0.6) is 5.75 Å². The number of rotatable bonds is 2. The van der Waals surface area contributed by atoms with Crippen LogP contribution in [-0.4, -0.2) is 16.5 Å². The minimum Gasteiger partial charge on any atom is -0.497 e. The molecule has 0 bridgehead atoms. The van der Waals surface area contributed by atoms with Gasteiger partial charge in [0.15, 0.2) is 0 Å². The Morgan fingerprint density at radius 3 is 2.45 bits per heavy atom. The van der Waals surface area contributed by atoms with E-state index in [0.717, 1.165) is 33.6 Å². The predicted octanol–water partition coefficient (Wildman–Crippen LogP) is 4.82. The molecule has 0 atom stereocenters. The van der Waals surface area contributed by atoms with Gasteiger partial charge in [-0.1, -0.05) is 23.7 Å². The van der Waals surface area contributed by atoms with Crippen LogP contribution in [0.15, 0.2) is 60.7 Å². The summed E-state index contributed by atoms with van der Waals surface area (Å²) in [6.45, 7) is 0. The first-order valence-electron chi connectivity index (χ1n) is 6.98. The molecule has 0 spiro atoms. The quantitative estimate of drug-likeness (QED) is 0.531. The Morgan fingerprint density at radius 1 is 0.909 bits per heavy atom. The summed E-state index contributed by atoms with van der Waals surface area (Å²) in [5, 5.41) is 0.684. The summed E-state index contributed by atoms with van der Waals surface area (Å²) < 4.78 is 7.25. The van der Waals surface area contributed by atoms with Gasteiger partial charge < -0.3 is 4.74 Å². The van der Waals surface area contributed by atoms with E-state index in [1.165, 1.54) is 0 Å². The van der Waals surface area contributed by atoms with Crippen molar-refractivity contribution in [2.45, 2.75) is 0 Å². The van der Waals surface area contributed by atoms with Gasteiger partial charge >= 0.3 is 0 Å². The first-order valence-corrected chi connectivity index (χ1v) is 7.36. The topological polar surface area (TPSA) is 26.5 Å². The maximum Gasteiger partial charge on any atom is 0.118 e. The van der Waals surface area contributed by atoms with E-state index < -0.39 is 0 Å². The Hall–Kier alpha value is -2.52. The van der Waals surface area contributed by atoms with Gasteiger partial charge in [-0.25, -0.2) is 4.98 Å². The van der Waals surface area contributed by atoms with Crippen molar-refractivity contribution in [1.82, 2.24) is 9.38 Å². The van der Waals surface area contributed by atoms with Crippen molar-refractivity contribution in [3.05, 3.63) is 65.8 Å². The van der Waals surface area contributed by atoms with Gasteiger partial charge in [-0.2, -0.15) is 0 Å². The smallest absolute Gasteiger partial charge is 0.118 e. The molecule has 4 heteroatoms. The van der Waals surface area contributed by atoms with Crippen LogP contribution >= 0.6 is 11.6 Å². The molecule has 3 nitrogen and oxygen atoms in total. The lowest BCUT2D eigenvalue weighted by Gasteiger charge is -2.10. The second-order valence-electron chi connectivity index (χ2n) is 5.05. The Balaban J connectivity index is 2.06. The van der Waals surface area contributed by atoms with E-state index in [-0.39, 0.29) is 0 Å². The summed E-state index contributed by atoms with van der Waals surface area (Å²) in [5.74, 6) is 0.828. The van der Waals surface area contributed by atoms with Gasteiger partial charge in [0.1, 0.15) is 10.9 Å². The van der Waals surface area contributed by atoms with E-state index in [1.54, 1.807) is 7.11 Å². The van der Waals surface area contributed by atoms with Crippen LogP contribution in [0, 0.1) is 0 Å². The predicted molar refractivity (Wildman–Crippen MR) is 89.7 cm³/mol. The zero-order chi connectivity index (χ0) is 15.1. The minimum absolute atomic E-state index is 0.684. The number of para-hydroxylation sites is 2. The number of ether oxygens (including phenoxy) is 1. The van der Waals surface area contributed by atoms with E-state index in [0.29, 0.717) is 5.15 Å². The number of hydrogen-bond donors (Lipinski definition) is 0. The molecule has 2 heterocycles.